The second-order valence-corrected chi connectivity index (χ2v) is 11.0. The number of piperidine rings is 1. The molecule has 0 bridgehead atoms. The summed E-state index contributed by atoms with van der Waals surface area (Å²) in [4.78, 5) is 13.5. The molecule has 10 heteroatoms. The fourth-order valence-corrected chi connectivity index (χ4v) is 5.76. The maximum absolute atomic E-state index is 15.1. The van der Waals surface area contributed by atoms with E-state index in [-0.39, 0.29) is 17.4 Å². The molecule has 1 saturated carbocycles. The number of carboxylic acid groups (broad SMARTS) is 1. The van der Waals surface area contributed by atoms with Gasteiger partial charge in [0.05, 0.1) is 23.4 Å². The summed E-state index contributed by atoms with van der Waals surface area (Å²) in [5, 5.41) is 18.5. The first-order valence-corrected chi connectivity index (χ1v) is 13.9. The summed E-state index contributed by atoms with van der Waals surface area (Å²) >= 11 is 6.56. The molecule has 2 aromatic heterocycles. The van der Waals surface area contributed by atoms with Crippen LogP contribution in [0.3, 0.4) is 0 Å². The summed E-state index contributed by atoms with van der Waals surface area (Å²) < 4.78 is 28.5. The maximum Gasteiger partial charge on any atom is 0.354 e. The Morgan fingerprint density at radius 3 is 2.60 bits per heavy atom. The number of carbonyl (C=O) groups is 1. The van der Waals surface area contributed by atoms with E-state index in [1.54, 1.807) is 6.07 Å². The van der Waals surface area contributed by atoms with Crippen LogP contribution < -0.4 is 4.90 Å². The Morgan fingerprint density at radius 2 is 1.95 bits per heavy atom. The highest BCUT2D eigenvalue weighted by Crippen LogP contribution is 2.45. The average Bonchev–Trinajstić information content (AvgIpc) is 3.58. The van der Waals surface area contributed by atoms with Crippen LogP contribution in [-0.2, 0) is 18.4 Å². The Morgan fingerprint density at radius 1 is 1.18 bits per heavy atom. The van der Waals surface area contributed by atoms with E-state index in [2.05, 4.69) is 15.2 Å². The third-order valence-electron chi connectivity index (χ3n) is 7.82. The van der Waals surface area contributed by atoms with Crippen LogP contribution in [0.15, 0.2) is 47.0 Å². The molecule has 2 aliphatic rings. The van der Waals surface area contributed by atoms with Crippen molar-refractivity contribution in [3.8, 4) is 22.5 Å². The first kappa shape index (κ1) is 26.5. The van der Waals surface area contributed by atoms with E-state index in [1.807, 2.05) is 31.2 Å². The van der Waals surface area contributed by atoms with Crippen LogP contribution in [0.2, 0.25) is 5.02 Å². The molecule has 1 N–H and O–H groups in total. The summed E-state index contributed by atoms with van der Waals surface area (Å²) in [5.74, 6) is -0.241. The summed E-state index contributed by atoms with van der Waals surface area (Å²) in [6.45, 7) is 3.88. The van der Waals surface area contributed by atoms with Crippen LogP contribution in [0, 0.1) is 12.7 Å². The predicted molar refractivity (Wildman–Crippen MR) is 149 cm³/mol. The second kappa shape index (κ2) is 10.7. The first-order chi connectivity index (χ1) is 19.3. The molecule has 8 nitrogen and oxygen atoms in total. The molecule has 1 aliphatic carbocycles. The Bertz CT molecular complexity index is 1550. The average molecular weight is 565 g/mol. The van der Waals surface area contributed by atoms with E-state index in [1.165, 1.54) is 23.9 Å². The molecule has 1 saturated heterocycles. The monoisotopic (exact) mass is 564 g/mol. The fourth-order valence-electron chi connectivity index (χ4n) is 5.45. The van der Waals surface area contributed by atoms with Crippen molar-refractivity contribution in [1.82, 2.24) is 14.9 Å². The molecule has 0 radical (unpaired) electrons. The first-order valence-electron chi connectivity index (χ1n) is 13.5. The topological polar surface area (TPSA) is 93.6 Å². The number of anilines is 1. The smallest absolute Gasteiger partial charge is 0.354 e. The minimum absolute atomic E-state index is 0.00474. The number of hydrogen-bond acceptors (Lipinski definition) is 6. The largest absolute Gasteiger partial charge is 0.477 e. The Kier molecular flexibility index (Phi) is 7.10. The molecule has 6 rings (SSSR count). The van der Waals surface area contributed by atoms with Crippen molar-refractivity contribution in [3.63, 3.8) is 0 Å². The summed E-state index contributed by atoms with van der Waals surface area (Å²) in [6.07, 6.45) is 3.85. The molecule has 2 fully saturated rings. The Balaban J connectivity index is 1.12. The Labute approximate surface area is 236 Å². The minimum Gasteiger partial charge on any atom is -0.477 e. The molecule has 2 aromatic carbocycles. The van der Waals surface area contributed by atoms with Gasteiger partial charge in [-0.1, -0.05) is 28.9 Å². The van der Waals surface area contributed by atoms with Crippen LogP contribution in [0.5, 0.6) is 0 Å². The van der Waals surface area contributed by atoms with Crippen molar-refractivity contribution in [2.24, 2.45) is 7.05 Å². The van der Waals surface area contributed by atoms with Gasteiger partial charge in [0, 0.05) is 48.4 Å². The van der Waals surface area contributed by atoms with Gasteiger partial charge in [-0.15, -0.1) is 0 Å². The number of aromatic carboxylic acids is 1. The summed E-state index contributed by atoms with van der Waals surface area (Å²) in [7, 11) is 1.53. The van der Waals surface area contributed by atoms with Crippen molar-refractivity contribution in [3.05, 3.63) is 75.9 Å². The minimum atomic E-state index is -1.11. The lowest BCUT2D eigenvalue weighted by atomic mass is 10.0. The van der Waals surface area contributed by atoms with E-state index in [9.17, 15) is 9.90 Å². The SMILES string of the molecule is Cc1cccc(Cl)c1-c1noc(C2CC2)c1COC1CCN(c2ccc(-c3cc(C(=O)O)n(C)n3)c(F)c2)CC1. The number of halogens is 2. The maximum atomic E-state index is 15.1. The number of carboxylic acids is 1. The normalized spacial score (nSPS) is 16.1. The number of benzene rings is 2. The highest BCUT2D eigenvalue weighted by atomic mass is 35.5. The third-order valence-corrected chi connectivity index (χ3v) is 8.14. The third kappa shape index (κ3) is 5.11. The molecular formula is C30H30ClFN4O4. The van der Waals surface area contributed by atoms with Gasteiger partial charge in [0.15, 0.2) is 0 Å². The molecule has 0 amide bonds. The zero-order chi connectivity index (χ0) is 28.0. The van der Waals surface area contributed by atoms with Gasteiger partial charge in [0.2, 0.25) is 0 Å². The van der Waals surface area contributed by atoms with Crippen molar-refractivity contribution in [2.45, 2.75) is 51.2 Å². The highest BCUT2D eigenvalue weighted by Gasteiger charge is 2.34. The number of aryl methyl sites for hydroxylation is 2. The van der Waals surface area contributed by atoms with E-state index in [0.29, 0.717) is 23.2 Å². The van der Waals surface area contributed by atoms with Crippen LogP contribution >= 0.6 is 11.6 Å². The fraction of sp³-hybridized carbons (Fsp3) is 0.367. The summed E-state index contributed by atoms with van der Waals surface area (Å²) in [6, 6.07) is 12.2. The number of aromatic nitrogens is 3. The predicted octanol–water partition coefficient (Wildman–Crippen LogP) is 6.60. The van der Waals surface area contributed by atoms with Crippen molar-refractivity contribution < 1.29 is 23.6 Å². The number of rotatable bonds is 8. The standard InChI is InChI=1S/C30H30ClFN4O4/c1-17-4-3-5-23(31)27(17)28-22(29(40-34-28)18-6-7-18)16-39-20-10-12-36(13-11-20)19-8-9-21(24(32)14-19)25-15-26(30(37)38)35(2)33-25/h3-5,8-9,14-15,18,20H,6-7,10-13,16H2,1-2H3,(H,37,38). The van der Waals surface area contributed by atoms with Crippen molar-refractivity contribution in [2.75, 3.05) is 18.0 Å². The van der Waals surface area contributed by atoms with Crippen LogP contribution in [-0.4, -0.2) is 45.2 Å². The van der Waals surface area contributed by atoms with Crippen LogP contribution in [0.1, 0.15) is 59.0 Å². The molecule has 0 spiro atoms. The molecule has 1 aliphatic heterocycles. The molecule has 4 aromatic rings. The number of hydrogen-bond donors (Lipinski definition) is 1. The summed E-state index contributed by atoms with van der Waals surface area (Å²) in [5.41, 5.74) is 5.04. The van der Waals surface area contributed by atoms with E-state index in [4.69, 9.17) is 20.9 Å². The van der Waals surface area contributed by atoms with Crippen LogP contribution in [0.25, 0.3) is 22.5 Å². The van der Waals surface area contributed by atoms with E-state index < -0.39 is 11.8 Å². The lowest BCUT2D eigenvalue weighted by Gasteiger charge is -2.33. The molecule has 3 heterocycles. The highest BCUT2D eigenvalue weighted by molar-refractivity contribution is 6.33. The quantitative estimate of drug-likeness (QED) is 0.257. The number of nitrogens with zero attached hydrogens (tertiary/aromatic N) is 4. The lowest BCUT2D eigenvalue weighted by Crippen LogP contribution is -2.37. The van der Waals surface area contributed by atoms with Gasteiger partial charge < -0.3 is 19.3 Å². The zero-order valence-corrected chi connectivity index (χ0v) is 23.1. The second-order valence-electron chi connectivity index (χ2n) is 10.6. The lowest BCUT2D eigenvalue weighted by molar-refractivity contribution is 0.0246. The molecule has 0 unspecified atom stereocenters. The van der Waals surface area contributed by atoms with E-state index in [0.717, 1.165) is 72.6 Å². The molecule has 0 atom stereocenters. The molecule has 208 valence electrons. The van der Waals surface area contributed by atoms with Crippen LogP contribution in [0.4, 0.5) is 10.1 Å². The van der Waals surface area contributed by atoms with Gasteiger partial charge in [-0.05, 0) is 68.5 Å². The van der Waals surface area contributed by atoms with Gasteiger partial charge in [-0.3, -0.25) is 4.68 Å². The van der Waals surface area contributed by atoms with Gasteiger partial charge >= 0.3 is 5.97 Å². The molecule has 40 heavy (non-hydrogen) atoms. The van der Waals surface area contributed by atoms with Crippen molar-refractivity contribution >= 4 is 23.3 Å². The van der Waals surface area contributed by atoms with Crippen molar-refractivity contribution in [1.29, 1.82) is 0 Å². The Hall–Kier alpha value is -3.69. The van der Waals surface area contributed by atoms with Gasteiger partial charge in [0.25, 0.3) is 0 Å². The van der Waals surface area contributed by atoms with Gasteiger partial charge in [-0.25, -0.2) is 9.18 Å². The molecular weight excluding hydrogens is 535 g/mol. The van der Waals surface area contributed by atoms with Gasteiger partial charge in [-0.2, -0.15) is 5.10 Å². The number of ether oxygens (including phenoxy) is 1. The zero-order valence-electron chi connectivity index (χ0n) is 22.4. The van der Waals surface area contributed by atoms with E-state index >= 15 is 4.39 Å². The van der Waals surface area contributed by atoms with Gasteiger partial charge in [0.1, 0.15) is 23.0 Å².